The normalized spacial score (nSPS) is 24.2. The van der Waals surface area contributed by atoms with E-state index >= 15 is 0 Å². The molecular formula is C24H27N3O5S. The lowest BCUT2D eigenvalue weighted by Crippen LogP contribution is -2.54. The van der Waals surface area contributed by atoms with Gasteiger partial charge < -0.3 is 19.7 Å². The molecule has 1 saturated carbocycles. The van der Waals surface area contributed by atoms with Crippen LogP contribution < -0.4 is 19.7 Å². The number of carbonyl (C=O) groups excluding carboxylic acids is 3. The van der Waals surface area contributed by atoms with Crippen molar-refractivity contribution in [2.24, 2.45) is 5.92 Å². The quantitative estimate of drug-likeness (QED) is 0.677. The number of carbonyl (C=O) groups is 3. The first-order valence-corrected chi connectivity index (χ1v) is 12.2. The van der Waals surface area contributed by atoms with E-state index in [0.717, 1.165) is 29.0 Å². The van der Waals surface area contributed by atoms with E-state index in [0.29, 0.717) is 43.4 Å². The number of imide groups is 1. The lowest BCUT2D eigenvalue weighted by Gasteiger charge is -2.36. The van der Waals surface area contributed by atoms with Crippen LogP contribution in [0, 0.1) is 5.92 Å². The van der Waals surface area contributed by atoms with Gasteiger partial charge >= 0.3 is 6.03 Å². The summed E-state index contributed by atoms with van der Waals surface area (Å²) in [7, 11) is 0. The molecule has 4 amide bonds. The molecule has 0 bridgehead atoms. The number of anilines is 1. The molecule has 0 radical (unpaired) electrons. The van der Waals surface area contributed by atoms with Crippen LogP contribution in [0.2, 0.25) is 0 Å². The zero-order valence-electron chi connectivity index (χ0n) is 18.5. The first-order chi connectivity index (χ1) is 16.0. The number of fused-ring (bicyclic) bond motifs is 1. The second kappa shape index (κ2) is 8.70. The van der Waals surface area contributed by atoms with E-state index in [-0.39, 0.29) is 24.3 Å². The van der Waals surface area contributed by atoms with Crippen LogP contribution in [0.15, 0.2) is 35.7 Å². The maximum absolute atomic E-state index is 13.5. The maximum atomic E-state index is 13.5. The van der Waals surface area contributed by atoms with Gasteiger partial charge in [-0.05, 0) is 42.3 Å². The van der Waals surface area contributed by atoms with Crippen LogP contribution in [0.4, 0.5) is 10.5 Å². The molecule has 1 aromatic carbocycles. The van der Waals surface area contributed by atoms with E-state index in [9.17, 15) is 14.4 Å². The largest absolute Gasteiger partial charge is 0.486 e. The topological polar surface area (TPSA) is 88.2 Å². The Morgan fingerprint density at radius 2 is 2.03 bits per heavy atom. The molecule has 8 nitrogen and oxygen atoms in total. The highest BCUT2D eigenvalue weighted by molar-refractivity contribution is 7.09. The standard InChI is InChI=1S/C24H27N3O5S/c1-16-5-2-3-9-24(16)22(29)27(23(30)25-24)15-21(28)26(14-18-6-4-12-33-18)17-7-8-19-20(13-17)32-11-10-31-19/h4,6-8,12-13,16H,2-3,5,9-11,14-15H2,1H3,(H,25,30)/t16-,24-/m0/s1. The van der Waals surface area contributed by atoms with Crippen molar-refractivity contribution in [3.63, 3.8) is 0 Å². The van der Waals surface area contributed by atoms with Crippen molar-refractivity contribution in [3.8, 4) is 11.5 Å². The van der Waals surface area contributed by atoms with Gasteiger partial charge in [-0.2, -0.15) is 0 Å². The first-order valence-electron chi connectivity index (χ1n) is 11.3. The lowest BCUT2D eigenvalue weighted by atomic mass is 9.73. The van der Waals surface area contributed by atoms with E-state index in [2.05, 4.69) is 5.32 Å². The van der Waals surface area contributed by atoms with Crippen molar-refractivity contribution in [2.75, 3.05) is 24.7 Å². The summed E-state index contributed by atoms with van der Waals surface area (Å²) >= 11 is 1.54. The zero-order valence-corrected chi connectivity index (χ0v) is 19.4. The molecule has 2 fully saturated rings. The van der Waals surface area contributed by atoms with Crippen LogP contribution in [-0.4, -0.2) is 48.0 Å². The Hall–Kier alpha value is -3.07. The third kappa shape index (κ3) is 3.94. The molecule has 2 aromatic rings. The summed E-state index contributed by atoms with van der Waals surface area (Å²) in [4.78, 5) is 43.3. The van der Waals surface area contributed by atoms with E-state index < -0.39 is 11.6 Å². The Balaban J connectivity index is 1.40. The number of hydrogen-bond donors (Lipinski definition) is 1. The van der Waals surface area contributed by atoms with E-state index in [1.807, 2.05) is 24.4 Å². The molecule has 2 aliphatic heterocycles. The van der Waals surface area contributed by atoms with Gasteiger partial charge in [-0.15, -0.1) is 11.3 Å². The number of rotatable bonds is 5. The highest BCUT2D eigenvalue weighted by Crippen LogP contribution is 2.39. The molecule has 1 saturated heterocycles. The van der Waals surface area contributed by atoms with Crippen LogP contribution in [-0.2, 0) is 16.1 Å². The number of benzene rings is 1. The van der Waals surface area contributed by atoms with E-state index in [1.165, 1.54) is 0 Å². The van der Waals surface area contributed by atoms with Crippen LogP contribution in [0.3, 0.4) is 0 Å². The van der Waals surface area contributed by atoms with Gasteiger partial charge in [-0.3, -0.25) is 14.5 Å². The number of urea groups is 1. The van der Waals surface area contributed by atoms with E-state index in [1.54, 1.807) is 34.4 Å². The predicted molar refractivity (Wildman–Crippen MR) is 124 cm³/mol. The number of nitrogens with zero attached hydrogens (tertiary/aromatic N) is 2. The average Bonchev–Trinajstić information content (AvgIpc) is 3.42. The minimum Gasteiger partial charge on any atom is -0.486 e. The summed E-state index contributed by atoms with van der Waals surface area (Å²) in [6.45, 7) is 2.95. The van der Waals surface area contributed by atoms with E-state index in [4.69, 9.17) is 9.47 Å². The van der Waals surface area contributed by atoms with Gasteiger partial charge in [0, 0.05) is 16.6 Å². The Morgan fingerprint density at radius 1 is 1.21 bits per heavy atom. The molecule has 3 aliphatic rings. The fraction of sp³-hybridized carbons (Fsp3) is 0.458. The van der Waals surface area contributed by atoms with Crippen LogP contribution in [0.25, 0.3) is 0 Å². The number of hydrogen-bond acceptors (Lipinski definition) is 6. The fourth-order valence-electron chi connectivity index (χ4n) is 4.94. The van der Waals surface area contributed by atoms with Crippen molar-refractivity contribution >= 4 is 34.9 Å². The average molecular weight is 470 g/mol. The SMILES string of the molecule is C[C@H]1CCCC[C@]12NC(=O)N(CC(=O)N(Cc1cccs1)c1ccc3c(c1)OCCO3)C2=O. The van der Waals surface area contributed by atoms with Gasteiger partial charge in [0.1, 0.15) is 25.3 Å². The van der Waals surface area contributed by atoms with Gasteiger partial charge in [0.05, 0.1) is 6.54 Å². The smallest absolute Gasteiger partial charge is 0.325 e. The summed E-state index contributed by atoms with van der Waals surface area (Å²) in [5.41, 5.74) is -0.254. The minimum absolute atomic E-state index is 0.0443. The molecule has 3 heterocycles. The Morgan fingerprint density at radius 3 is 2.79 bits per heavy atom. The maximum Gasteiger partial charge on any atom is 0.325 e. The first kappa shape index (κ1) is 21.8. The molecule has 2 atom stereocenters. The van der Waals surface area contributed by atoms with Crippen LogP contribution in [0.5, 0.6) is 11.5 Å². The monoisotopic (exact) mass is 469 g/mol. The van der Waals surface area contributed by atoms with Crippen molar-refractivity contribution < 1.29 is 23.9 Å². The second-order valence-corrected chi connectivity index (χ2v) is 9.86. The van der Waals surface area contributed by atoms with Gasteiger partial charge in [0.25, 0.3) is 5.91 Å². The highest BCUT2D eigenvalue weighted by atomic mass is 32.1. The third-order valence-corrected chi connectivity index (χ3v) is 7.69. The predicted octanol–water partition coefficient (Wildman–Crippen LogP) is 3.55. The molecule has 0 unspecified atom stereocenters. The Bertz CT molecular complexity index is 1070. The molecule has 5 rings (SSSR count). The molecule has 1 aromatic heterocycles. The Labute approximate surface area is 196 Å². The van der Waals surface area contributed by atoms with Crippen LogP contribution >= 0.6 is 11.3 Å². The van der Waals surface area contributed by atoms with Gasteiger partial charge in [0.15, 0.2) is 11.5 Å². The van der Waals surface area contributed by atoms with Crippen molar-refractivity contribution in [1.82, 2.24) is 10.2 Å². The number of ether oxygens (including phenoxy) is 2. The van der Waals surface area contributed by atoms with Crippen molar-refractivity contribution in [2.45, 2.75) is 44.7 Å². The zero-order chi connectivity index (χ0) is 23.0. The summed E-state index contributed by atoms with van der Waals surface area (Å²) in [5, 5.41) is 4.87. The minimum atomic E-state index is -0.884. The summed E-state index contributed by atoms with van der Waals surface area (Å²) < 4.78 is 11.3. The summed E-state index contributed by atoms with van der Waals surface area (Å²) in [5.74, 6) is 0.641. The molecule has 9 heteroatoms. The Kier molecular flexibility index (Phi) is 5.74. The van der Waals surface area contributed by atoms with Gasteiger partial charge in [-0.25, -0.2) is 4.79 Å². The fourth-order valence-corrected chi connectivity index (χ4v) is 5.63. The van der Waals surface area contributed by atoms with Gasteiger partial charge in [0.2, 0.25) is 5.91 Å². The third-order valence-electron chi connectivity index (χ3n) is 6.83. The molecule has 33 heavy (non-hydrogen) atoms. The molecule has 1 N–H and O–H groups in total. The van der Waals surface area contributed by atoms with Crippen molar-refractivity contribution in [3.05, 3.63) is 40.6 Å². The highest BCUT2D eigenvalue weighted by Gasteiger charge is 2.55. The number of amides is 4. The number of nitrogens with one attached hydrogen (secondary N) is 1. The molecular weight excluding hydrogens is 442 g/mol. The number of thiophene rings is 1. The second-order valence-electron chi connectivity index (χ2n) is 8.83. The van der Waals surface area contributed by atoms with Crippen LogP contribution in [0.1, 0.15) is 37.5 Å². The summed E-state index contributed by atoms with van der Waals surface area (Å²) in [6, 6.07) is 8.75. The molecule has 1 aliphatic carbocycles. The van der Waals surface area contributed by atoms with Gasteiger partial charge in [-0.1, -0.05) is 25.8 Å². The molecule has 1 spiro atoms. The summed E-state index contributed by atoms with van der Waals surface area (Å²) in [6.07, 6.45) is 3.43. The lowest BCUT2D eigenvalue weighted by molar-refractivity contribution is -0.136. The van der Waals surface area contributed by atoms with Crippen molar-refractivity contribution in [1.29, 1.82) is 0 Å². The molecule has 174 valence electrons.